The predicted molar refractivity (Wildman–Crippen MR) is 109 cm³/mol. The lowest BCUT2D eigenvalue weighted by atomic mass is 10.2. The first-order valence-corrected chi connectivity index (χ1v) is 9.12. The van der Waals surface area contributed by atoms with Crippen LogP contribution in [0.1, 0.15) is 25.8 Å². The van der Waals surface area contributed by atoms with Gasteiger partial charge in [-0.15, -0.1) is 0 Å². The van der Waals surface area contributed by atoms with E-state index >= 15 is 0 Å². The number of anilines is 2. The first kappa shape index (κ1) is 17.9. The van der Waals surface area contributed by atoms with Crippen LogP contribution in [0, 0.1) is 0 Å². The van der Waals surface area contributed by atoms with Crippen LogP contribution in [0.4, 0.5) is 11.6 Å². The Balaban J connectivity index is 1.93. The van der Waals surface area contributed by atoms with Gasteiger partial charge in [0.05, 0.1) is 0 Å². The van der Waals surface area contributed by atoms with Crippen LogP contribution in [0.15, 0.2) is 66.7 Å². The Morgan fingerprint density at radius 3 is 2.27 bits per heavy atom. The first-order chi connectivity index (χ1) is 12.7. The molecule has 3 aromatic rings. The second-order valence-corrected chi connectivity index (χ2v) is 6.60. The highest BCUT2D eigenvalue weighted by atomic mass is 15.2. The Morgan fingerprint density at radius 2 is 1.62 bits per heavy atom. The third kappa shape index (κ3) is 4.60. The number of rotatable bonds is 7. The maximum absolute atomic E-state index is 4.81. The van der Waals surface area contributed by atoms with Crippen molar-refractivity contribution in [3.63, 3.8) is 0 Å². The molecule has 134 valence electrons. The summed E-state index contributed by atoms with van der Waals surface area (Å²) in [5.74, 6) is 2.52. The number of aromatic nitrogens is 2. The van der Waals surface area contributed by atoms with E-state index in [0.29, 0.717) is 6.04 Å². The summed E-state index contributed by atoms with van der Waals surface area (Å²) < 4.78 is 0. The van der Waals surface area contributed by atoms with Crippen LogP contribution in [0.25, 0.3) is 11.4 Å². The minimum Gasteiger partial charge on any atom is -0.367 e. The van der Waals surface area contributed by atoms with E-state index in [1.165, 1.54) is 5.56 Å². The molecule has 0 spiro atoms. The summed E-state index contributed by atoms with van der Waals surface area (Å²) >= 11 is 0. The van der Waals surface area contributed by atoms with E-state index in [1.807, 2.05) is 42.5 Å². The Kier molecular flexibility index (Phi) is 5.84. The second kappa shape index (κ2) is 8.48. The highest BCUT2D eigenvalue weighted by molar-refractivity contribution is 5.61. The number of nitrogens with zero attached hydrogens (tertiary/aromatic N) is 3. The van der Waals surface area contributed by atoms with Crippen molar-refractivity contribution in [1.29, 1.82) is 0 Å². The quantitative estimate of drug-likeness (QED) is 0.654. The SMILES string of the molecule is CCC(C)Nc1cc(N(C)Cc2ccccc2)nc(-c2ccccc2)n1. The van der Waals surface area contributed by atoms with Gasteiger partial charge in [-0.25, -0.2) is 9.97 Å². The molecule has 1 atom stereocenters. The molecular formula is C22H26N4. The van der Waals surface area contributed by atoms with E-state index in [0.717, 1.165) is 36.0 Å². The molecule has 4 nitrogen and oxygen atoms in total. The van der Waals surface area contributed by atoms with Gasteiger partial charge in [-0.3, -0.25) is 0 Å². The van der Waals surface area contributed by atoms with Crippen molar-refractivity contribution in [2.75, 3.05) is 17.3 Å². The molecule has 4 heteroatoms. The van der Waals surface area contributed by atoms with Gasteiger partial charge in [0, 0.05) is 31.3 Å². The largest absolute Gasteiger partial charge is 0.367 e. The predicted octanol–water partition coefficient (Wildman–Crippen LogP) is 4.99. The Labute approximate surface area is 155 Å². The van der Waals surface area contributed by atoms with Crippen molar-refractivity contribution < 1.29 is 0 Å². The van der Waals surface area contributed by atoms with Gasteiger partial charge < -0.3 is 10.2 Å². The smallest absolute Gasteiger partial charge is 0.163 e. The molecule has 1 N–H and O–H groups in total. The maximum Gasteiger partial charge on any atom is 0.163 e. The van der Waals surface area contributed by atoms with E-state index < -0.39 is 0 Å². The van der Waals surface area contributed by atoms with Gasteiger partial charge in [0.1, 0.15) is 11.6 Å². The molecule has 0 saturated heterocycles. The average molecular weight is 346 g/mol. The van der Waals surface area contributed by atoms with Gasteiger partial charge in [0.2, 0.25) is 0 Å². The molecule has 0 radical (unpaired) electrons. The summed E-state index contributed by atoms with van der Waals surface area (Å²) in [6, 6.07) is 22.9. The zero-order chi connectivity index (χ0) is 18.4. The highest BCUT2D eigenvalue weighted by Gasteiger charge is 2.12. The number of hydrogen-bond donors (Lipinski definition) is 1. The van der Waals surface area contributed by atoms with Crippen LogP contribution >= 0.6 is 0 Å². The summed E-state index contributed by atoms with van der Waals surface area (Å²) in [6.07, 6.45) is 1.04. The van der Waals surface area contributed by atoms with Crippen molar-refractivity contribution >= 4 is 11.6 Å². The van der Waals surface area contributed by atoms with E-state index in [-0.39, 0.29) is 0 Å². The van der Waals surface area contributed by atoms with Crippen LogP contribution in [0.5, 0.6) is 0 Å². The van der Waals surface area contributed by atoms with Crippen molar-refractivity contribution in [1.82, 2.24) is 9.97 Å². The molecule has 0 amide bonds. The highest BCUT2D eigenvalue weighted by Crippen LogP contribution is 2.23. The molecule has 0 saturated carbocycles. The zero-order valence-electron chi connectivity index (χ0n) is 15.7. The van der Waals surface area contributed by atoms with E-state index in [4.69, 9.17) is 9.97 Å². The standard InChI is InChI=1S/C22H26N4/c1-4-17(2)23-20-15-21(26(3)16-18-11-7-5-8-12-18)25-22(24-20)19-13-9-6-10-14-19/h5-15,17H,4,16H2,1-3H3,(H,23,24,25). The molecule has 0 aliphatic rings. The van der Waals surface area contributed by atoms with Gasteiger partial charge in [-0.05, 0) is 18.9 Å². The van der Waals surface area contributed by atoms with Gasteiger partial charge in [-0.2, -0.15) is 0 Å². The molecule has 0 fully saturated rings. The van der Waals surface area contributed by atoms with Crippen molar-refractivity contribution in [2.45, 2.75) is 32.9 Å². The van der Waals surface area contributed by atoms with E-state index in [9.17, 15) is 0 Å². The van der Waals surface area contributed by atoms with Crippen LogP contribution in [-0.2, 0) is 6.54 Å². The maximum atomic E-state index is 4.81. The fourth-order valence-electron chi connectivity index (χ4n) is 2.71. The normalized spacial score (nSPS) is 11.8. The van der Waals surface area contributed by atoms with Gasteiger partial charge in [0.25, 0.3) is 0 Å². The van der Waals surface area contributed by atoms with Crippen LogP contribution < -0.4 is 10.2 Å². The Morgan fingerprint density at radius 1 is 0.962 bits per heavy atom. The third-order valence-electron chi connectivity index (χ3n) is 4.40. The summed E-state index contributed by atoms with van der Waals surface area (Å²) in [6.45, 7) is 5.13. The van der Waals surface area contributed by atoms with E-state index in [2.05, 4.69) is 55.4 Å². The zero-order valence-corrected chi connectivity index (χ0v) is 15.7. The minimum absolute atomic E-state index is 0.362. The second-order valence-electron chi connectivity index (χ2n) is 6.60. The fourth-order valence-corrected chi connectivity index (χ4v) is 2.71. The Bertz CT molecular complexity index is 818. The van der Waals surface area contributed by atoms with Crippen molar-refractivity contribution in [3.8, 4) is 11.4 Å². The minimum atomic E-state index is 0.362. The first-order valence-electron chi connectivity index (χ1n) is 9.12. The molecular weight excluding hydrogens is 320 g/mol. The average Bonchev–Trinajstić information content (AvgIpc) is 2.69. The fraction of sp³-hybridized carbons (Fsp3) is 0.273. The molecule has 26 heavy (non-hydrogen) atoms. The lowest BCUT2D eigenvalue weighted by Gasteiger charge is -2.21. The Hall–Kier alpha value is -2.88. The summed E-state index contributed by atoms with van der Waals surface area (Å²) in [4.78, 5) is 11.7. The molecule has 1 aromatic heterocycles. The molecule has 0 bridgehead atoms. The van der Waals surface area contributed by atoms with Crippen LogP contribution in [0.3, 0.4) is 0 Å². The molecule has 3 rings (SSSR count). The van der Waals surface area contributed by atoms with Crippen LogP contribution in [0.2, 0.25) is 0 Å². The number of nitrogens with one attached hydrogen (secondary N) is 1. The lowest BCUT2D eigenvalue weighted by Crippen LogP contribution is -2.20. The molecule has 0 aliphatic heterocycles. The van der Waals surface area contributed by atoms with Crippen LogP contribution in [-0.4, -0.2) is 23.1 Å². The topological polar surface area (TPSA) is 41.0 Å². The van der Waals surface area contributed by atoms with Gasteiger partial charge in [-0.1, -0.05) is 67.6 Å². The number of benzene rings is 2. The third-order valence-corrected chi connectivity index (χ3v) is 4.40. The molecule has 1 unspecified atom stereocenters. The monoisotopic (exact) mass is 346 g/mol. The molecule has 0 aliphatic carbocycles. The number of hydrogen-bond acceptors (Lipinski definition) is 4. The van der Waals surface area contributed by atoms with E-state index in [1.54, 1.807) is 0 Å². The summed E-state index contributed by atoms with van der Waals surface area (Å²) in [5, 5.41) is 3.48. The summed E-state index contributed by atoms with van der Waals surface area (Å²) in [5.41, 5.74) is 2.28. The van der Waals surface area contributed by atoms with Crippen molar-refractivity contribution in [3.05, 3.63) is 72.3 Å². The lowest BCUT2D eigenvalue weighted by molar-refractivity contribution is 0.758. The van der Waals surface area contributed by atoms with Crippen molar-refractivity contribution in [2.24, 2.45) is 0 Å². The molecule has 1 heterocycles. The van der Waals surface area contributed by atoms with Gasteiger partial charge >= 0.3 is 0 Å². The summed E-state index contributed by atoms with van der Waals surface area (Å²) in [7, 11) is 2.07. The van der Waals surface area contributed by atoms with Gasteiger partial charge in [0.15, 0.2) is 5.82 Å². The molecule has 2 aromatic carbocycles.